The van der Waals surface area contributed by atoms with Crippen molar-refractivity contribution in [2.24, 2.45) is 5.73 Å². The number of anilines is 5. The van der Waals surface area contributed by atoms with Crippen LogP contribution in [0.4, 0.5) is 33.3 Å². The molecule has 85 heavy (non-hydrogen) atoms. The van der Waals surface area contributed by atoms with Crippen molar-refractivity contribution in [1.82, 2.24) is 30.2 Å². The zero-order chi connectivity index (χ0) is 61.1. The van der Waals surface area contributed by atoms with Gasteiger partial charge in [-0.1, -0.05) is 59.6 Å². The average molecular weight is 1150 g/mol. The van der Waals surface area contributed by atoms with Crippen LogP contribution < -0.4 is 39.3 Å². The highest BCUT2D eigenvalue weighted by molar-refractivity contribution is 6.32. The van der Waals surface area contributed by atoms with Gasteiger partial charge in [-0.3, -0.25) is 9.59 Å². The summed E-state index contributed by atoms with van der Waals surface area (Å²) < 4.78 is 13.1. The van der Waals surface area contributed by atoms with Crippen molar-refractivity contribution >= 4 is 106 Å². The Balaban J connectivity index is 0.000000130. The molecule has 2 amide bonds. The van der Waals surface area contributed by atoms with Gasteiger partial charge in [0.25, 0.3) is 5.91 Å². The van der Waals surface area contributed by atoms with E-state index in [1.165, 1.54) is 56.9 Å². The van der Waals surface area contributed by atoms with Crippen LogP contribution in [0, 0.1) is 61.2 Å². The summed E-state index contributed by atoms with van der Waals surface area (Å²) in [6, 6.07) is 43.3. The number of carbonyl (C=O) groups is 2. The zero-order valence-electron chi connectivity index (χ0n) is 49.0. The minimum absolute atomic E-state index is 0.0590. The molecule has 2 aliphatic rings. The summed E-state index contributed by atoms with van der Waals surface area (Å²) in [6.45, 7) is 17.7. The molecule has 13 N–H and O–H groups in total. The van der Waals surface area contributed by atoms with E-state index in [1.807, 2.05) is 75.5 Å². The first-order valence-electron chi connectivity index (χ1n) is 27.6. The van der Waals surface area contributed by atoms with E-state index in [9.17, 15) is 14.0 Å². The molecule has 16 heteroatoms. The number of aromatic nitrogens is 5. The second-order valence-corrected chi connectivity index (χ2v) is 21.5. The molecule has 0 bridgehead atoms. The Bertz CT molecular complexity index is 4220. The number of benzene rings is 7. The highest BCUT2D eigenvalue weighted by Gasteiger charge is 2.17. The van der Waals surface area contributed by atoms with Crippen molar-refractivity contribution in [3.63, 3.8) is 0 Å². The molecule has 0 radical (unpaired) electrons. The maximum absolute atomic E-state index is 13.1. The number of pyridine rings is 4. The lowest BCUT2D eigenvalue weighted by molar-refractivity contribution is 0.0963. The number of halogens is 2. The van der Waals surface area contributed by atoms with E-state index in [2.05, 4.69) is 118 Å². The Hall–Kier alpha value is -10.1. The SMILES string of the molecule is Cc1cc2c(N)nccc2cc1C(N)=O.Cc1cc2c(N)nccc2cc1Cl.Cc1cc2c(N)nccc2cc1F.Cc1cc2ccnc(N)c2cc1C.Cc1ccc2c(c1)C(=O)NC2.Cc1ccc2c(c1)NCC2.Cc1ccc2cc[nH]c2c1. The van der Waals surface area contributed by atoms with Crippen molar-refractivity contribution in [3.05, 3.63) is 242 Å². The summed E-state index contributed by atoms with van der Waals surface area (Å²) in [5.74, 6) is 1.50. The summed E-state index contributed by atoms with van der Waals surface area (Å²) in [6.07, 6.45) is 9.76. The predicted molar refractivity (Wildman–Crippen MR) is 351 cm³/mol. The number of nitrogens with two attached hydrogens (primary N) is 5. The molecule has 2 aliphatic heterocycles. The molecule has 0 saturated heterocycles. The number of carbonyl (C=O) groups excluding carboxylic acids is 2. The topological polar surface area (TPSA) is 256 Å². The fraction of sp³-hybridized carbons (Fsp3) is 0.159. The van der Waals surface area contributed by atoms with Gasteiger partial charge in [-0.05, 0) is 230 Å². The average Bonchev–Trinajstić information content (AvgIpc) is 4.33. The van der Waals surface area contributed by atoms with Crippen molar-refractivity contribution in [1.29, 1.82) is 0 Å². The number of amides is 2. The number of primary amides is 1. The normalized spacial score (nSPS) is 11.5. The van der Waals surface area contributed by atoms with Crippen molar-refractivity contribution in [2.45, 2.75) is 68.4 Å². The number of nitrogen functional groups attached to an aromatic ring is 4. The van der Waals surface area contributed by atoms with Gasteiger partial charge >= 0.3 is 0 Å². The molecule has 14 rings (SSSR count). The van der Waals surface area contributed by atoms with Gasteiger partial charge in [0.1, 0.15) is 29.1 Å². The maximum atomic E-state index is 13.1. The van der Waals surface area contributed by atoms with Crippen LogP contribution in [-0.2, 0) is 13.0 Å². The zero-order valence-corrected chi connectivity index (χ0v) is 49.7. The van der Waals surface area contributed by atoms with Gasteiger partial charge in [0, 0.05) is 93.0 Å². The molecule has 0 aliphatic carbocycles. The van der Waals surface area contributed by atoms with Crippen LogP contribution in [0.3, 0.4) is 0 Å². The molecular formula is C69H70ClFN12O2. The summed E-state index contributed by atoms with van der Waals surface area (Å²) in [5, 5.41) is 15.7. The Morgan fingerprint density at radius 1 is 0.494 bits per heavy atom. The van der Waals surface area contributed by atoms with Crippen LogP contribution in [0.15, 0.2) is 164 Å². The number of nitrogens with zero attached hydrogens (tertiary/aromatic N) is 4. The van der Waals surface area contributed by atoms with Gasteiger partial charge in [0.2, 0.25) is 5.91 Å². The minimum Gasteiger partial charge on any atom is -0.384 e. The van der Waals surface area contributed by atoms with Gasteiger partial charge < -0.3 is 44.3 Å². The van der Waals surface area contributed by atoms with Crippen LogP contribution in [-0.4, -0.2) is 43.3 Å². The number of aryl methyl sites for hydroxylation is 8. The molecule has 12 aromatic rings. The van der Waals surface area contributed by atoms with Crippen molar-refractivity contribution in [2.75, 3.05) is 34.8 Å². The lowest BCUT2D eigenvalue weighted by Gasteiger charge is -2.06. The monoisotopic (exact) mass is 1150 g/mol. The molecule has 0 fully saturated rings. The fourth-order valence-corrected chi connectivity index (χ4v) is 9.80. The summed E-state index contributed by atoms with van der Waals surface area (Å²) in [7, 11) is 0. The molecule has 14 nitrogen and oxygen atoms in total. The lowest BCUT2D eigenvalue weighted by atomic mass is 10.0. The Labute approximate surface area is 499 Å². The number of rotatable bonds is 1. The first kappa shape index (κ1) is 61.0. The fourth-order valence-electron chi connectivity index (χ4n) is 9.62. The molecule has 5 aromatic heterocycles. The van der Waals surface area contributed by atoms with Crippen LogP contribution in [0.25, 0.3) is 54.0 Å². The maximum Gasteiger partial charge on any atom is 0.251 e. The Morgan fingerprint density at radius 3 is 1.58 bits per heavy atom. The number of nitrogens with one attached hydrogen (secondary N) is 3. The molecule has 0 atom stereocenters. The predicted octanol–water partition coefficient (Wildman–Crippen LogP) is 14.4. The Kier molecular flexibility index (Phi) is 19.6. The van der Waals surface area contributed by atoms with E-state index in [0.717, 1.165) is 82.5 Å². The van der Waals surface area contributed by atoms with E-state index in [4.69, 9.17) is 40.3 Å². The lowest BCUT2D eigenvalue weighted by Crippen LogP contribution is -2.12. The molecule has 0 spiro atoms. The third-order valence-corrected chi connectivity index (χ3v) is 15.0. The van der Waals surface area contributed by atoms with Gasteiger partial charge in [-0.2, -0.15) is 0 Å². The number of hydrogen-bond donors (Lipinski definition) is 8. The minimum atomic E-state index is -0.426. The number of hydrogen-bond acceptors (Lipinski definition) is 11. The first-order valence-corrected chi connectivity index (χ1v) is 27.9. The summed E-state index contributed by atoms with van der Waals surface area (Å²) in [5.41, 5.74) is 43.4. The van der Waals surface area contributed by atoms with Gasteiger partial charge in [0.05, 0.1) is 0 Å². The van der Waals surface area contributed by atoms with Crippen LogP contribution in [0.2, 0.25) is 5.02 Å². The van der Waals surface area contributed by atoms with Crippen molar-refractivity contribution < 1.29 is 14.0 Å². The summed E-state index contributed by atoms with van der Waals surface area (Å²) in [4.78, 5) is 41.4. The largest absolute Gasteiger partial charge is 0.384 e. The number of aromatic amines is 1. The molecule has 432 valence electrons. The van der Waals surface area contributed by atoms with Crippen molar-refractivity contribution in [3.8, 4) is 0 Å². The smallest absolute Gasteiger partial charge is 0.251 e. The van der Waals surface area contributed by atoms with Gasteiger partial charge in [-0.15, -0.1) is 0 Å². The van der Waals surface area contributed by atoms with Gasteiger partial charge in [0.15, 0.2) is 0 Å². The van der Waals surface area contributed by atoms with E-state index in [0.29, 0.717) is 40.9 Å². The highest BCUT2D eigenvalue weighted by atomic mass is 35.5. The molecule has 7 heterocycles. The molecular weight excluding hydrogens is 1080 g/mol. The third-order valence-electron chi connectivity index (χ3n) is 14.6. The molecule has 0 unspecified atom stereocenters. The standard InChI is InChI=1S/C11H11N3O.C11H12N2.C10H9ClN2.C10H9FN2.C9H9NO.C9H11N.C9H9N/c1-6-4-9-7(2-3-14-10(9)12)5-8(6)11(13)15;1-7-5-9-3-4-13-11(12)10(9)6-8(7)2;2*1-6-4-8-7(5-9(6)11)2-3-13-10(8)12;1-6-2-3-7-5-10-9(11)8(7)4-6;2*1-7-2-3-8-4-5-10-9(8)6-7/h2-5H,1H3,(H2,12,14)(H2,13,15);3-6H,1-2H3,(H2,12,13);2*2-5H,1H3,(H2,12,13);2-4H,5H2,1H3,(H,10,11);2-3,6,10H,4-5H2,1H3;2-6,10H,1H3. The van der Waals surface area contributed by atoms with Crippen LogP contribution >= 0.6 is 11.6 Å². The van der Waals surface area contributed by atoms with Crippen LogP contribution in [0.1, 0.15) is 76.4 Å². The third kappa shape index (κ3) is 15.3. The van der Waals surface area contributed by atoms with E-state index >= 15 is 0 Å². The second kappa shape index (κ2) is 27.3. The highest BCUT2D eigenvalue weighted by Crippen LogP contribution is 2.28. The summed E-state index contributed by atoms with van der Waals surface area (Å²) >= 11 is 5.98. The quantitative estimate of drug-likeness (QED) is 0.0767. The van der Waals surface area contributed by atoms with E-state index in [-0.39, 0.29) is 11.7 Å². The first-order chi connectivity index (χ1) is 40.6. The van der Waals surface area contributed by atoms with E-state index < -0.39 is 5.91 Å². The molecule has 7 aromatic carbocycles. The second-order valence-electron chi connectivity index (χ2n) is 21.1. The molecule has 0 saturated carbocycles. The van der Waals surface area contributed by atoms with E-state index in [1.54, 1.807) is 56.0 Å². The van der Waals surface area contributed by atoms with Gasteiger partial charge in [-0.25, -0.2) is 24.3 Å². The Morgan fingerprint density at radius 2 is 0.976 bits per heavy atom. The number of fused-ring (bicyclic) bond motifs is 7. The number of H-pyrrole nitrogens is 1. The van der Waals surface area contributed by atoms with Crippen LogP contribution in [0.5, 0.6) is 0 Å².